The topological polar surface area (TPSA) is 75.8 Å². The molecule has 0 aliphatic heterocycles. The van der Waals surface area contributed by atoms with Gasteiger partial charge in [0.1, 0.15) is 10.9 Å². The standard InChI is InChI=1S/C16H12ClN3O2S3/c1-10-14(9-18)24-16(23-2)15(10)13-7-8-20(19-13)25(21,22)12-5-3-11(17)4-6-12/h3-8H,1-2H3. The lowest BCUT2D eigenvalue weighted by atomic mass is 10.1. The summed E-state index contributed by atoms with van der Waals surface area (Å²) < 4.78 is 27.3. The predicted octanol–water partition coefficient (Wildman–Crippen LogP) is 4.40. The summed E-state index contributed by atoms with van der Waals surface area (Å²) in [4.78, 5) is 0.714. The van der Waals surface area contributed by atoms with Gasteiger partial charge in [0, 0.05) is 16.8 Å². The Morgan fingerprint density at radius 1 is 1.28 bits per heavy atom. The first kappa shape index (κ1) is 18.0. The molecule has 0 amide bonds. The van der Waals surface area contributed by atoms with Crippen LogP contribution in [0.25, 0.3) is 11.3 Å². The first-order valence-electron chi connectivity index (χ1n) is 7.03. The Morgan fingerprint density at radius 2 is 1.96 bits per heavy atom. The number of nitriles is 1. The highest BCUT2D eigenvalue weighted by Crippen LogP contribution is 2.40. The number of hydrogen-bond acceptors (Lipinski definition) is 6. The molecule has 9 heteroatoms. The lowest BCUT2D eigenvalue weighted by Crippen LogP contribution is -2.13. The Labute approximate surface area is 158 Å². The van der Waals surface area contributed by atoms with E-state index in [2.05, 4.69) is 11.2 Å². The molecule has 0 aliphatic carbocycles. The molecule has 2 heterocycles. The fourth-order valence-electron chi connectivity index (χ4n) is 2.32. The van der Waals surface area contributed by atoms with Crippen molar-refractivity contribution in [1.29, 1.82) is 5.26 Å². The van der Waals surface area contributed by atoms with Gasteiger partial charge in [0.2, 0.25) is 0 Å². The van der Waals surface area contributed by atoms with Crippen molar-refractivity contribution >= 4 is 44.7 Å². The van der Waals surface area contributed by atoms with E-state index < -0.39 is 10.0 Å². The third-order valence-electron chi connectivity index (χ3n) is 3.58. The van der Waals surface area contributed by atoms with E-state index in [0.717, 1.165) is 19.4 Å². The van der Waals surface area contributed by atoms with E-state index >= 15 is 0 Å². The zero-order chi connectivity index (χ0) is 18.2. The molecule has 1 aromatic carbocycles. The van der Waals surface area contributed by atoms with Crippen LogP contribution in [0.4, 0.5) is 0 Å². The largest absolute Gasteiger partial charge is 0.282 e. The normalized spacial score (nSPS) is 11.4. The SMILES string of the molecule is CSc1sc(C#N)c(C)c1-c1ccn(S(=O)(=O)c2ccc(Cl)cc2)n1. The van der Waals surface area contributed by atoms with Gasteiger partial charge in [0.05, 0.1) is 14.8 Å². The minimum Gasteiger partial charge on any atom is -0.199 e. The first-order chi connectivity index (χ1) is 11.9. The summed E-state index contributed by atoms with van der Waals surface area (Å²) in [5.74, 6) is 0. The summed E-state index contributed by atoms with van der Waals surface area (Å²) in [7, 11) is -3.80. The maximum absolute atomic E-state index is 12.7. The number of nitrogens with zero attached hydrogens (tertiary/aromatic N) is 3. The molecule has 128 valence electrons. The molecule has 0 atom stereocenters. The van der Waals surface area contributed by atoms with E-state index in [1.54, 1.807) is 6.07 Å². The van der Waals surface area contributed by atoms with Crippen LogP contribution in [0, 0.1) is 18.3 Å². The number of benzene rings is 1. The molecule has 0 N–H and O–H groups in total. The van der Waals surface area contributed by atoms with Crippen molar-refractivity contribution in [2.45, 2.75) is 16.0 Å². The van der Waals surface area contributed by atoms with E-state index in [9.17, 15) is 13.7 Å². The van der Waals surface area contributed by atoms with Crippen LogP contribution in [-0.4, -0.2) is 23.9 Å². The maximum Gasteiger partial charge on any atom is 0.282 e. The van der Waals surface area contributed by atoms with E-state index in [1.807, 2.05) is 13.2 Å². The molecule has 0 fully saturated rings. The second-order valence-corrected chi connectivity index (χ2v) is 9.39. The molecule has 0 spiro atoms. The zero-order valence-electron chi connectivity index (χ0n) is 13.2. The monoisotopic (exact) mass is 409 g/mol. The number of thioether (sulfide) groups is 1. The molecule has 0 saturated carbocycles. The molecule has 25 heavy (non-hydrogen) atoms. The molecule has 0 aliphatic rings. The van der Waals surface area contributed by atoms with Gasteiger partial charge in [0.15, 0.2) is 0 Å². The van der Waals surface area contributed by atoms with Crippen molar-refractivity contribution in [1.82, 2.24) is 9.19 Å². The van der Waals surface area contributed by atoms with Crippen molar-refractivity contribution in [3.05, 3.63) is 52.0 Å². The van der Waals surface area contributed by atoms with Crippen molar-refractivity contribution in [3.63, 3.8) is 0 Å². The molecular formula is C16H12ClN3O2S3. The van der Waals surface area contributed by atoms with Gasteiger partial charge in [-0.05, 0) is 49.1 Å². The summed E-state index contributed by atoms with van der Waals surface area (Å²) >= 11 is 8.71. The third-order valence-corrected chi connectivity index (χ3v) is 7.71. The van der Waals surface area contributed by atoms with E-state index in [-0.39, 0.29) is 4.90 Å². The fraction of sp³-hybridized carbons (Fsp3) is 0.125. The van der Waals surface area contributed by atoms with E-state index in [4.69, 9.17) is 11.6 Å². The summed E-state index contributed by atoms with van der Waals surface area (Å²) in [6.45, 7) is 1.84. The molecule has 0 radical (unpaired) electrons. The molecule has 0 saturated heterocycles. The van der Waals surface area contributed by atoms with Gasteiger partial charge in [0.25, 0.3) is 10.0 Å². The van der Waals surface area contributed by atoms with Gasteiger partial charge in [-0.1, -0.05) is 11.6 Å². The van der Waals surface area contributed by atoms with Crippen LogP contribution < -0.4 is 0 Å². The molecule has 5 nitrogen and oxygen atoms in total. The quantitative estimate of drug-likeness (QED) is 0.597. The minimum atomic E-state index is -3.80. The molecule has 0 unspecified atom stereocenters. The number of aromatic nitrogens is 2. The van der Waals surface area contributed by atoms with Crippen LogP contribution in [0.1, 0.15) is 10.4 Å². The fourth-order valence-corrected chi connectivity index (χ4v) is 5.45. The van der Waals surface area contributed by atoms with Crippen LogP contribution >= 0.6 is 34.7 Å². The van der Waals surface area contributed by atoms with Gasteiger partial charge in [-0.2, -0.15) is 22.9 Å². The molecular weight excluding hydrogens is 398 g/mol. The minimum absolute atomic E-state index is 0.108. The Bertz CT molecular complexity index is 1080. The van der Waals surface area contributed by atoms with Crippen LogP contribution in [0.15, 0.2) is 45.6 Å². The van der Waals surface area contributed by atoms with Gasteiger partial charge in [-0.15, -0.1) is 23.1 Å². The van der Waals surface area contributed by atoms with Crippen molar-refractivity contribution < 1.29 is 8.42 Å². The van der Waals surface area contributed by atoms with Gasteiger partial charge >= 0.3 is 0 Å². The Kier molecular flexibility index (Phi) is 4.93. The second-order valence-electron chi connectivity index (χ2n) is 5.07. The highest BCUT2D eigenvalue weighted by molar-refractivity contribution is 8.00. The van der Waals surface area contributed by atoms with Crippen LogP contribution in [-0.2, 0) is 10.0 Å². The molecule has 3 rings (SSSR count). The van der Waals surface area contributed by atoms with Gasteiger partial charge < -0.3 is 0 Å². The highest BCUT2D eigenvalue weighted by Gasteiger charge is 2.22. The Morgan fingerprint density at radius 3 is 2.56 bits per heavy atom. The van der Waals surface area contributed by atoms with Crippen LogP contribution in [0.2, 0.25) is 5.02 Å². The third kappa shape index (κ3) is 3.20. The molecule has 0 bridgehead atoms. The summed E-state index contributed by atoms with van der Waals surface area (Å²) in [6.07, 6.45) is 3.32. The predicted molar refractivity (Wildman–Crippen MR) is 101 cm³/mol. The summed E-state index contributed by atoms with van der Waals surface area (Å²) in [5.41, 5.74) is 2.14. The van der Waals surface area contributed by atoms with Crippen molar-refractivity contribution in [3.8, 4) is 17.3 Å². The average molecular weight is 410 g/mol. The van der Waals surface area contributed by atoms with E-state index in [0.29, 0.717) is 15.6 Å². The van der Waals surface area contributed by atoms with Gasteiger partial charge in [-0.3, -0.25) is 0 Å². The van der Waals surface area contributed by atoms with Crippen molar-refractivity contribution in [2.24, 2.45) is 0 Å². The van der Waals surface area contributed by atoms with E-state index in [1.165, 1.54) is 53.6 Å². The lowest BCUT2D eigenvalue weighted by Gasteiger charge is -2.04. The Balaban J connectivity index is 2.08. The lowest BCUT2D eigenvalue weighted by molar-refractivity contribution is 0.580. The number of thiophene rings is 1. The zero-order valence-corrected chi connectivity index (χ0v) is 16.4. The number of halogens is 1. The average Bonchev–Trinajstić information content (AvgIpc) is 3.19. The molecule has 3 aromatic rings. The Hall–Kier alpha value is -1.79. The smallest absolute Gasteiger partial charge is 0.199 e. The summed E-state index contributed by atoms with van der Waals surface area (Å²) in [5, 5.41) is 13.9. The van der Waals surface area contributed by atoms with Crippen molar-refractivity contribution in [2.75, 3.05) is 6.26 Å². The van der Waals surface area contributed by atoms with Crippen LogP contribution in [0.5, 0.6) is 0 Å². The maximum atomic E-state index is 12.7. The first-order valence-corrected chi connectivity index (χ1v) is 10.9. The van der Waals surface area contributed by atoms with Crippen LogP contribution in [0.3, 0.4) is 0 Å². The van der Waals surface area contributed by atoms with Gasteiger partial charge in [-0.25, -0.2) is 0 Å². The number of hydrogen-bond donors (Lipinski definition) is 0. The number of rotatable bonds is 4. The second kappa shape index (κ2) is 6.84. The highest BCUT2D eigenvalue weighted by atomic mass is 35.5. The summed E-state index contributed by atoms with van der Waals surface area (Å²) in [6, 6.07) is 9.73. The molecule has 2 aromatic heterocycles.